The van der Waals surface area contributed by atoms with E-state index in [0.717, 1.165) is 5.82 Å². The monoisotopic (exact) mass is 446 g/mol. The standard InChI is InChI=1S/C22H22N8O3/c1-29(2)16-8-9-24-15(26-16)6-5-14(31)19-21(23)28-20(22-25-10-11-33-22)18(27-19)13-4-7-17(32)30(3)12-13/h4,7-12H,5-6H2,1-3H3,(H2,23,28). The minimum Gasteiger partial charge on any atom is -0.443 e. The van der Waals surface area contributed by atoms with Gasteiger partial charge in [-0.3, -0.25) is 9.59 Å². The highest BCUT2D eigenvalue weighted by molar-refractivity contribution is 5.99. The molecule has 4 aromatic heterocycles. The number of aromatic nitrogens is 6. The van der Waals surface area contributed by atoms with Crippen molar-refractivity contribution < 1.29 is 9.21 Å². The Morgan fingerprint density at radius 2 is 1.91 bits per heavy atom. The van der Waals surface area contributed by atoms with Crippen molar-refractivity contribution in [2.24, 2.45) is 7.05 Å². The number of anilines is 2. The number of nitrogens with two attached hydrogens (primary N) is 1. The van der Waals surface area contributed by atoms with Crippen molar-refractivity contribution in [3.63, 3.8) is 0 Å². The summed E-state index contributed by atoms with van der Waals surface area (Å²) < 4.78 is 6.79. The fourth-order valence-corrected chi connectivity index (χ4v) is 3.18. The summed E-state index contributed by atoms with van der Waals surface area (Å²) in [6.07, 6.45) is 6.54. The number of ketones is 1. The Labute approximate surface area is 189 Å². The van der Waals surface area contributed by atoms with E-state index in [4.69, 9.17) is 10.2 Å². The molecule has 11 heteroatoms. The van der Waals surface area contributed by atoms with E-state index in [-0.39, 0.29) is 40.9 Å². The minimum atomic E-state index is -0.302. The molecule has 4 aromatic rings. The number of pyridine rings is 1. The van der Waals surface area contributed by atoms with Gasteiger partial charge in [0.1, 0.15) is 29.3 Å². The van der Waals surface area contributed by atoms with Gasteiger partial charge in [-0.1, -0.05) is 0 Å². The van der Waals surface area contributed by atoms with Crippen LogP contribution in [-0.2, 0) is 13.5 Å². The molecule has 0 saturated carbocycles. The third kappa shape index (κ3) is 4.61. The number of hydrogen-bond donors (Lipinski definition) is 1. The summed E-state index contributed by atoms with van der Waals surface area (Å²) in [6.45, 7) is 0. The molecule has 2 N–H and O–H groups in total. The van der Waals surface area contributed by atoms with Gasteiger partial charge in [-0.2, -0.15) is 0 Å². The maximum atomic E-state index is 13.0. The van der Waals surface area contributed by atoms with Crippen LogP contribution in [0.3, 0.4) is 0 Å². The number of Topliss-reactive ketones (excluding diaryl/α,β-unsaturated/α-hetero) is 1. The Kier molecular flexibility index (Phi) is 5.94. The molecule has 4 rings (SSSR count). The van der Waals surface area contributed by atoms with E-state index in [1.807, 2.05) is 19.0 Å². The summed E-state index contributed by atoms with van der Waals surface area (Å²) in [5, 5.41) is 0. The van der Waals surface area contributed by atoms with Crippen LogP contribution in [-0.4, -0.2) is 49.4 Å². The van der Waals surface area contributed by atoms with Crippen LogP contribution in [0.2, 0.25) is 0 Å². The average Bonchev–Trinajstić information content (AvgIpc) is 3.34. The highest BCUT2D eigenvalue weighted by Crippen LogP contribution is 2.29. The largest absolute Gasteiger partial charge is 0.443 e. The first-order valence-electron chi connectivity index (χ1n) is 10.1. The molecule has 4 heterocycles. The van der Waals surface area contributed by atoms with Gasteiger partial charge in [-0.05, 0) is 12.1 Å². The third-order valence-electron chi connectivity index (χ3n) is 4.91. The zero-order valence-electron chi connectivity index (χ0n) is 18.4. The summed E-state index contributed by atoms with van der Waals surface area (Å²) in [5.74, 6) is 1.15. The van der Waals surface area contributed by atoms with Crippen LogP contribution in [0.5, 0.6) is 0 Å². The fourth-order valence-electron chi connectivity index (χ4n) is 3.18. The van der Waals surface area contributed by atoms with Gasteiger partial charge in [0, 0.05) is 58.0 Å². The number of rotatable bonds is 7. The summed E-state index contributed by atoms with van der Waals surface area (Å²) in [6, 6.07) is 4.79. The summed E-state index contributed by atoms with van der Waals surface area (Å²) in [4.78, 5) is 48.4. The summed E-state index contributed by atoms with van der Waals surface area (Å²) in [5.41, 5.74) is 7.11. The van der Waals surface area contributed by atoms with Crippen molar-refractivity contribution in [2.75, 3.05) is 24.7 Å². The Morgan fingerprint density at radius 3 is 2.61 bits per heavy atom. The lowest BCUT2D eigenvalue weighted by Gasteiger charge is -2.12. The minimum absolute atomic E-state index is 0.0259. The molecule has 0 fully saturated rings. The molecule has 0 atom stereocenters. The van der Waals surface area contributed by atoms with E-state index in [0.29, 0.717) is 23.5 Å². The Hall–Kier alpha value is -4.41. The number of oxazole rings is 1. The molecular formula is C22H22N8O3. The predicted molar refractivity (Wildman–Crippen MR) is 122 cm³/mol. The maximum absolute atomic E-state index is 13.0. The lowest BCUT2D eigenvalue weighted by atomic mass is 10.1. The maximum Gasteiger partial charge on any atom is 0.250 e. The second-order valence-electron chi connectivity index (χ2n) is 7.51. The highest BCUT2D eigenvalue weighted by Gasteiger charge is 2.22. The molecule has 0 aliphatic carbocycles. The lowest BCUT2D eigenvalue weighted by Crippen LogP contribution is -2.16. The van der Waals surface area contributed by atoms with E-state index < -0.39 is 0 Å². The lowest BCUT2D eigenvalue weighted by molar-refractivity contribution is 0.0978. The summed E-state index contributed by atoms with van der Waals surface area (Å²) >= 11 is 0. The Balaban J connectivity index is 1.70. The average molecular weight is 446 g/mol. The van der Waals surface area contributed by atoms with Crippen LogP contribution in [0.4, 0.5) is 11.6 Å². The number of carbonyl (C=O) groups is 1. The summed E-state index contributed by atoms with van der Waals surface area (Å²) in [7, 11) is 5.38. The van der Waals surface area contributed by atoms with Crippen molar-refractivity contribution in [1.82, 2.24) is 29.5 Å². The topological polar surface area (TPSA) is 146 Å². The molecule has 0 unspecified atom stereocenters. The van der Waals surface area contributed by atoms with Crippen LogP contribution in [0.15, 0.2) is 52.3 Å². The van der Waals surface area contributed by atoms with Gasteiger partial charge < -0.3 is 19.6 Å². The second kappa shape index (κ2) is 8.99. The van der Waals surface area contributed by atoms with Crippen LogP contribution < -0.4 is 16.2 Å². The second-order valence-corrected chi connectivity index (χ2v) is 7.51. The molecule has 33 heavy (non-hydrogen) atoms. The van der Waals surface area contributed by atoms with E-state index in [1.54, 1.807) is 31.6 Å². The highest BCUT2D eigenvalue weighted by atomic mass is 16.3. The van der Waals surface area contributed by atoms with Gasteiger partial charge >= 0.3 is 0 Å². The zero-order valence-corrected chi connectivity index (χ0v) is 18.4. The molecule has 0 aromatic carbocycles. The SMILES string of the molecule is CN(C)c1ccnc(CCC(=O)c2nc(-c3ccc(=O)n(C)c3)c(-c3ncco3)nc2N)n1. The van der Waals surface area contributed by atoms with E-state index in [2.05, 4.69) is 24.9 Å². The molecule has 168 valence electrons. The quantitative estimate of drug-likeness (QED) is 0.416. The molecular weight excluding hydrogens is 424 g/mol. The molecule has 0 aliphatic heterocycles. The van der Waals surface area contributed by atoms with Crippen molar-refractivity contribution >= 4 is 17.4 Å². The zero-order chi connectivity index (χ0) is 23.5. The number of carbonyl (C=O) groups excluding carboxylic acids is 1. The van der Waals surface area contributed by atoms with Gasteiger partial charge in [-0.15, -0.1) is 0 Å². The third-order valence-corrected chi connectivity index (χ3v) is 4.91. The van der Waals surface area contributed by atoms with E-state index in [9.17, 15) is 9.59 Å². The van der Waals surface area contributed by atoms with Gasteiger partial charge in [-0.25, -0.2) is 24.9 Å². The van der Waals surface area contributed by atoms with Crippen molar-refractivity contribution in [1.29, 1.82) is 0 Å². The van der Waals surface area contributed by atoms with Gasteiger partial charge in [0.2, 0.25) is 11.4 Å². The van der Waals surface area contributed by atoms with Crippen molar-refractivity contribution in [2.45, 2.75) is 12.8 Å². The smallest absolute Gasteiger partial charge is 0.250 e. The van der Waals surface area contributed by atoms with Gasteiger partial charge in [0.25, 0.3) is 0 Å². The first-order valence-corrected chi connectivity index (χ1v) is 10.1. The molecule has 0 saturated heterocycles. The molecule has 0 aliphatic rings. The molecule has 0 bridgehead atoms. The van der Waals surface area contributed by atoms with Gasteiger partial charge in [0.15, 0.2) is 17.3 Å². The fraction of sp³-hybridized carbons (Fsp3) is 0.227. The van der Waals surface area contributed by atoms with E-state index in [1.165, 1.54) is 23.1 Å². The van der Waals surface area contributed by atoms with Crippen molar-refractivity contribution in [3.8, 4) is 22.8 Å². The van der Waals surface area contributed by atoms with Crippen LogP contribution >= 0.6 is 0 Å². The van der Waals surface area contributed by atoms with Crippen LogP contribution in [0.25, 0.3) is 22.8 Å². The molecule has 0 amide bonds. The van der Waals surface area contributed by atoms with Gasteiger partial charge in [0.05, 0.1) is 6.20 Å². The Morgan fingerprint density at radius 1 is 1.09 bits per heavy atom. The van der Waals surface area contributed by atoms with Crippen molar-refractivity contribution in [3.05, 3.63) is 64.9 Å². The normalized spacial score (nSPS) is 10.9. The number of nitrogens with zero attached hydrogens (tertiary/aromatic N) is 7. The molecule has 0 spiro atoms. The van der Waals surface area contributed by atoms with Crippen LogP contribution in [0, 0.1) is 0 Å². The Bertz CT molecular complexity index is 1360. The number of aryl methyl sites for hydroxylation is 2. The van der Waals surface area contributed by atoms with Crippen LogP contribution in [0.1, 0.15) is 22.7 Å². The first-order chi connectivity index (χ1) is 15.8. The van der Waals surface area contributed by atoms with E-state index >= 15 is 0 Å². The first kappa shape index (κ1) is 21.8. The molecule has 11 nitrogen and oxygen atoms in total. The molecule has 0 radical (unpaired) electrons. The number of nitrogen functional groups attached to an aromatic ring is 1. The predicted octanol–water partition coefficient (Wildman–Crippen LogP) is 1.75. The number of hydrogen-bond acceptors (Lipinski definition) is 10.